The second-order valence-corrected chi connectivity index (χ2v) is 6.09. The number of aromatic nitrogens is 1. The molecule has 2 heterocycles. The molecule has 0 saturated carbocycles. The van der Waals surface area contributed by atoms with Crippen LogP contribution in [0.2, 0.25) is 0 Å². The van der Waals surface area contributed by atoms with E-state index >= 15 is 0 Å². The highest BCUT2D eigenvalue weighted by Gasteiger charge is 2.32. The second-order valence-electron chi connectivity index (χ2n) is 6.09. The topological polar surface area (TPSA) is 31.2 Å². The lowest BCUT2D eigenvalue weighted by molar-refractivity contribution is 0.0988. The number of carbonyl (C=O) groups is 1. The Morgan fingerprint density at radius 1 is 1.30 bits per heavy atom. The van der Waals surface area contributed by atoms with Gasteiger partial charge in [-0.1, -0.05) is 13.8 Å². The van der Waals surface area contributed by atoms with Crippen molar-refractivity contribution in [3.8, 4) is 17.0 Å². The zero-order valence-electron chi connectivity index (χ0n) is 14.0. The summed E-state index contributed by atoms with van der Waals surface area (Å²) in [7, 11) is 0. The molecule has 0 saturated heterocycles. The molecule has 1 aromatic carbocycles. The van der Waals surface area contributed by atoms with E-state index in [4.69, 9.17) is 4.74 Å². The Bertz CT molecular complexity index is 763. The summed E-state index contributed by atoms with van der Waals surface area (Å²) >= 11 is 0. The van der Waals surface area contributed by atoms with Gasteiger partial charge in [-0.2, -0.15) is 0 Å². The van der Waals surface area contributed by atoms with Crippen molar-refractivity contribution < 1.29 is 13.9 Å². The van der Waals surface area contributed by atoms with Crippen molar-refractivity contribution in [2.24, 2.45) is 0 Å². The van der Waals surface area contributed by atoms with Crippen LogP contribution in [-0.2, 0) is 0 Å². The van der Waals surface area contributed by atoms with E-state index < -0.39 is 0 Å². The van der Waals surface area contributed by atoms with Crippen molar-refractivity contribution >= 4 is 5.78 Å². The molecule has 122 valence electrons. The molecule has 2 unspecified atom stereocenters. The van der Waals surface area contributed by atoms with Gasteiger partial charge in [0, 0.05) is 35.7 Å². The van der Waals surface area contributed by atoms with Crippen LogP contribution >= 0.6 is 0 Å². The minimum absolute atomic E-state index is 0.105. The average molecular weight is 315 g/mol. The number of fused-ring (bicyclic) bond motifs is 3. The smallest absolute Gasteiger partial charge is 0.165 e. The molecule has 4 heteroatoms. The first-order valence-corrected chi connectivity index (χ1v) is 8.20. The quantitative estimate of drug-likeness (QED) is 0.746. The number of carbonyl (C=O) groups excluding carboxylic acids is 1. The summed E-state index contributed by atoms with van der Waals surface area (Å²) in [5.41, 5.74) is 3.44. The second kappa shape index (κ2) is 5.84. The van der Waals surface area contributed by atoms with Crippen LogP contribution in [-0.4, -0.2) is 17.0 Å². The Kier molecular flexibility index (Phi) is 4.00. The van der Waals surface area contributed by atoms with Crippen LogP contribution in [0.3, 0.4) is 0 Å². The summed E-state index contributed by atoms with van der Waals surface area (Å²) in [6.45, 7) is 8.29. The molecule has 23 heavy (non-hydrogen) atoms. The van der Waals surface area contributed by atoms with Gasteiger partial charge >= 0.3 is 0 Å². The molecule has 0 aliphatic carbocycles. The van der Waals surface area contributed by atoms with E-state index in [0.29, 0.717) is 18.6 Å². The van der Waals surface area contributed by atoms with Gasteiger partial charge in [0.05, 0.1) is 12.3 Å². The largest absolute Gasteiger partial charge is 0.491 e. The standard InChI is InChI=1S/C19H22FNO2/c1-5-17(22)13-7-8-21-12(4)11(3)14-9-16(20)18(23-6-2)10-15(14)19(13)21/h7-12H,5-6H2,1-4H3. The summed E-state index contributed by atoms with van der Waals surface area (Å²) in [6, 6.07) is 5.36. The van der Waals surface area contributed by atoms with Crippen molar-refractivity contribution in [2.45, 2.75) is 46.1 Å². The van der Waals surface area contributed by atoms with Gasteiger partial charge < -0.3 is 9.30 Å². The van der Waals surface area contributed by atoms with Crippen molar-refractivity contribution in [1.29, 1.82) is 0 Å². The third kappa shape index (κ3) is 2.37. The zero-order chi connectivity index (χ0) is 16.7. The molecular formula is C19H22FNO2. The maximum absolute atomic E-state index is 14.3. The first-order chi connectivity index (χ1) is 11.0. The van der Waals surface area contributed by atoms with Gasteiger partial charge in [-0.05, 0) is 37.6 Å². The molecule has 0 N–H and O–H groups in total. The minimum atomic E-state index is -0.340. The highest BCUT2D eigenvalue weighted by Crippen LogP contribution is 2.46. The average Bonchev–Trinajstić information content (AvgIpc) is 2.98. The molecular weight excluding hydrogens is 293 g/mol. The zero-order valence-corrected chi connectivity index (χ0v) is 14.0. The molecule has 0 bridgehead atoms. The summed E-state index contributed by atoms with van der Waals surface area (Å²) < 4.78 is 21.8. The Morgan fingerprint density at radius 3 is 2.70 bits per heavy atom. The van der Waals surface area contributed by atoms with Crippen LogP contribution in [0.5, 0.6) is 5.75 Å². The van der Waals surface area contributed by atoms with E-state index in [0.717, 1.165) is 16.8 Å². The maximum atomic E-state index is 14.3. The summed E-state index contributed by atoms with van der Waals surface area (Å²) in [5.74, 6) is 0.178. The lowest BCUT2D eigenvalue weighted by Gasteiger charge is -2.32. The third-order valence-electron chi connectivity index (χ3n) is 4.85. The number of ketones is 1. The normalized spacial score (nSPS) is 19.2. The van der Waals surface area contributed by atoms with Crippen molar-refractivity contribution in [2.75, 3.05) is 6.61 Å². The highest BCUT2D eigenvalue weighted by molar-refractivity contribution is 6.02. The van der Waals surface area contributed by atoms with Crippen LogP contribution in [0.4, 0.5) is 4.39 Å². The van der Waals surface area contributed by atoms with E-state index in [1.807, 2.05) is 26.1 Å². The number of rotatable bonds is 4. The fourth-order valence-electron chi connectivity index (χ4n) is 3.40. The number of hydrogen-bond donors (Lipinski definition) is 0. The van der Waals surface area contributed by atoms with E-state index in [1.165, 1.54) is 0 Å². The Labute approximate surface area is 136 Å². The summed E-state index contributed by atoms with van der Waals surface area (Å²) in [6.07, 6.45) is 2.42. The molecule has 0 spiro atoms. The number of halogens is 1. The Morgan fingerprint density at radius 2 is 2.04 bits per heavy atom. The van der Waals surface area contributed by atoms with Gasteiger partial charge in [0.15, 0.2) is 17.3 Å². The van der Waals surface area contributed by atoms with Crippen molar-refractivity contribution in [3.63, 3.8) is 0 Å². The molecule has 3 rings (SSSR count). The molecule has 2 atom stereocenters. The SMILES string of the molecule is CCOc1cc2c(cc1F)C(C)C(C)n1ccc(C(=O)CC)c1-2. The van der Waals surface area contributed by atoms with Crippen LogP contribution in [0, 0.1) is 5.82 Å². The van der Waals surface area contributed by atoms with Crippen molar-refractivity contribution in [3.05, 3.63) is 41.3 Å². The first kappa shape index (κ1) is 15.8. The summed E-state index contributed by atoms with van der Waals surface area (Å²) in [5, 5.41) is 0. The van der Waals surface area contributed by atoms with Gasteiger partial charge in [0.1, 0.15) is 0 Å². The van der Waals surface area contributed by atoms with Crippen LogP contribution in [0.1, 0.15) is 62.0 Å². The van der Waals surface area contributed by atoms with E-state index in [1.54, 1.807) is 12.1 Å². The molecule has 2 aromatic rings. The van der Waals surface area contributed by atoms with Gasteiger partial charge in [0.25, 0.3) is 0 Å². The van der Waals surface area contributed by atoms with Gasteiger partial charge in [-0.15, -0.1) is 0 Å². The molecule has 1 aliphatic rings. The van der Waals surface area contributed by atoms with Crippen LogP contribution in [0.15, 0.2) is 24.4 Å². The predicted octanol–water partition coefficient (Wildman–Crippen LogP) is 4.96. The predicted molar refractivity (Wildman–Crippen MR) is 88.7 cm³/mol. The maximum Gasteiger partial charge on any atom is 0.165 e. The number of Topliss-reactive ketones (excluding diaryl/α,β-unsaturated/α-hetero) is 1. The van der Waals surface area contributed by atoms with Crippen molar-refractivity contribution in [1.82, 2.24) is 4.57 Å². The lowest BCUT2D eigenvalue weighted by atomic mass is 9.84. The van der Waals surface area contributed by atoms with Gasteiger partial charge in [-0.3, -0.25) is 4.79 Å². The molecule has 0 amide bonds. The number of ether oxygens (including phenoxy) is 1. The van der Waals surface area contributed by atoms with Gasteiger partial charge in [-0.25, -0.2) is 4.39 Å². The van der Waals surface area contributed by atoms with E-state index in [2.05, 4.69) is 18.4 Å². The monoisotopic (exact) mass is 315 g/mol. The lowest BCUT2D eigenvalue weighted by Crippen LogP contribution is -2.20. The number of nitrogens with zero attached hydrogens (tertiary/aromatic N) is 1. The van der Waals surface area contributed by atoms with Crippen LogP contribution < -0.4 is 4.74 Å². The van der Waals surface area contributed by atoms with E-state index in [9.17, 15) is 9.18 Å². The molecule has 0 fully saturated rings. The highest BCUT2D eigenvalue weighted by atomic mass is 19.1. The number of benzene rings is 1. The molecule has 1 aliphatic heterocycles. The summed E-state index contributed by atoms with van der Waals surface area (Å²) in [4.78, 5) is 12.3. The number of hydrogen-bond acceptors (Lipinski definition) is 2. The van der Waals surface area contributed by atoms with E-state index in [-0.39, 0.29) is 29.3 Å². The van der Waals surface area contributed by atoms with Crippen LogP contribution in [0.25, 0.3) is 11.3 Å². The fourth-order valence-corrected chi connectivity index (χ4v) is 3.40. The Hall–Kier alpha value is -2.10. The minimum Gasteiger partial charge on any atom is -0.491 e. The first-order valence-electron chi connectivity index (χ1n) is 8.20. The molecule has 0 radical (unpaired) electrons. The third-order valence-corrected chi connectivity index (χ3v) is 4.85. The van der Waals surface area contributed by atoms with Gasteiger partial charge in [0.2, 0.25) is 0 Å². The molecule has 1 aromatic heterocycles. The fraction of sp³-hybridized carbons (Fsp3) is 0.421. The molecule has 3 nitrogen and oxygen atoms in total. The Balaban J connectivity index is 2.27.